The van der Waals surface area contributed by atoms with Crippen molar-refractivity contribution in [2.45, 2.75) is 6.61 Å². The predicted molar refractivity (Wildman–Crippen MR) is 66.2 cm³/mol. The number of phenols is 1. The molecule has 6 nitrogen and oxygen atoms in total. The van der Waals surface area contributed by atoms with Crippen molar-refractivity contribution < 1.29 is 57.4 Å². The second-order valence-corrected chi connectivity index (χ2v) is 5.87. The third kappa shape index (κ3) is 6.04. The number of rotatable bonds is 6. The van der Waals surface area contributed by atoms with Crippen LogP contribution in [0.4, 0.5) is 0 Å². The Morgan fingerprint density at radius 1 is 1.39 bits per heavy atom. The summed E-state index contributed by atoms with van der Waals surface area (Å²) in [6.07, 6.45) is 0. The van der Waals surface area contributed by atoms with Crippen LogP contribution in [0.15, 0.2) is 18.2 Å². The maximum atomic E-state index is 11.3. The Balaban J connectivity index is 0.00000289. The zero-order valence-electron chi connectivity index (χ0n) is 9.63. The Hall–Kier alpha value is 0.420. The monoisotopic (exact) mass is 396 g/mol. The number of aromatic hydroxyl groups is 1. The van der Waals surface area contributed by atoms with Gasteiger partial charge in [0.05, 0.1) is 12.4 Å². The molecule has 0 aliphatic rings. The zero-order chi connectivity index (χ0) is 12.9. The summed E-state index contributed by atoms with van der Waals surface area (Å²) in [6.45, 7) is -0.214. The predicted octanol–water partition coefficient (Wildman–Crippen LogP) is -2.67. The van der Waals surface area contributed by atoms with Crippen molar-refractivity contribution in [3.05, 3.63) is 23.8 Å². The van der Waals surface area contributed by atoms with Gasteiger partial charge in [0.15, 0.2) is 11.5 Å². The minimum atomic E-state index is -3.69. The molecule has 1 aromatic carbocycles. The van der Waals surface area contributed by atoms with E-state index in [0.29, 0.717) is 9.99 Å². The molecular formula is C9H10INaO6S. The Morgan fingerprint density at radius 2 is 2.06 bits per heavy atom. The topological polar surface area (TPSA) is 95.9 Å². The van der Waals surface area contributed by atoms with E-state index in [4.69, 9.17) is 4.18 Å². The molecule has 0 aliphatic heterocycles. The van der Waals surface area contributed by atoms with Gasteiger partial charge in [-0.05, 0) is 17.7 Å². The average Bonchev–Trinajstić information content (AvgIpc) is 2.22. The van der Waals surface area contributed by atoms with E-state index in [-0.39, 0.29) is 53.4 Å². The molecule has 0 spiro atoms. The molecule has 0 unspecified atom stereocenters. The van der Waals surface area contributed by atoms with Crippen molar-refractivity contribution in [2.24, 2.45) is 0 Å². The SMILES string of the molecule is O=S(=O)(CCI)Oc1ccc(CO[O-])cc1O.[Na+]. The summed E-state index contributed by atoms with van der Waals surface area (Å²) in [5.74, 6) is -0.653. The molecule has 0 aliphatic carbocycles. The number of hydrogen-bond acceptors (Lipinski definition) is 6. The van der Waals surface area contributed by atoms with Crippen LogP contribution >= 0.6 is 22.6 Å². The van der Waals surface area contributed by atoms with E-state index >= 15 is 0 Å². The van der Waals surface area contributed by atoms with Crippen LogP contribution < -0.4 is 39.0 Å². The fourth-order valence-corrected chi connectivity index (χ4v) is 3.37. The van der Waals surface area contributed by atoms with Crippen LogP contribution in [-0.4, -0.2) is 23.7 Å². The van der Waals surface area contributed by atoms with Crippen LogP contribution in [0.2, 0.25) is 0 Å². The minimum Gasteiger partial charge on any atom is -0.723 e. The van der Waals surface area contributed by atoms with Gasteiger partial charge in [-0.3, -0.25) is 0 Å². The van der Waals surface area contributed by atoms with Gasteiger partial charge < -0.3 is 19.4 Å². The Morgan fingerprint density at radius 3 is 2.56 bits per heavy atom. The average molecular weight is 396 g/mol. The molecule has 96 valence electrons. The molecule has 0 amide bonds. The van der Waals surface area contributed by atoms with Crippen molar-refractivity contribution in [1.29, 1.82) is 0 Å². The van der Waals surface area contributed by atoms with E-state index in [0.717, 1.165) is 0 Å². The first kappa shape index (κ1) is 18.4. The third-order valence-electron chi connectivity index (χ3n) is 1.79. The van der Waals surface area contributed by atoms with Gasteiger partial charge >= 0.3 is 39.7 Å². The second kappa shape index (κ2) is 8.56. The maximum Gasteiger partial charge on any atom is 1.00 e. The summed E-state index contributed by atoms with van der Waals surface area (Å²) in [7, 11) is -3.69. The first-order valence-corrected chi connectivity index (χ1v) is 7.63. The molecule has 0 fully saturated rings. The summed E-state index contributed by atoms with van der Waals surface area (Å²) >= 11 is 1.91. The van der Waals surface area contributed by atoms with E-state index < -0.39 is 10.1 Å². The van der Waals surface area contributed by atoms with E-state index in [9.17, 15) is 18.8 Å². The largest absolute Gasteiger partial charge is 1.00 e. The Kier molecular flexibility index (Phi) is 8.76. The summed E-state index contributed by atoms with van der Waals surface area (Å²) in [5.41, 5.74) is 0.427. The van der Waals surface area contributed by atoms with Gasteiger partial charge in [-0.15, -0.1) is 0 Å². The van der Waals surface area contributed by atoms with Crippen LogP contribution in [0.1, 0.15) is 5.56 Å². The normalized spacial score (nSPS) is 10.8. The summed E-state index contributed by atoms with van der Waals surface area (Å²) in [5, 5.41) is 19.4. The van der Waals surface area contributed by atoms with Crippen LogP contribution in [-0.2, 0) is 21.6 Å². The molecular weight excluding hydrogens is 386 g/mol. The number of halogens is 1. The third-order valence-corrected chi connectivity index (χ3v) is 4.20. The molecule has 0 heterocycles. The van der Waals surface area contributed by atoms with E-state index in [2.05, 4.69) is 4.89 Å². The van der Waals surface area contributed by atoms with Crippen molar-refractivity contribution in [3.8, 4) is 11.5 Å². The molecule has 0 saturated carbocycles. The van der Waals surface area contributed by atoms with Crippen LogP contribution in [0, 0.1) is 0 Å². The van der Waals surface area contributed by atoms with Gasteiger partial charge in [-0.1, -0.05) is 28.7 Å². The molecule has 9 heteroatoms. The molecule has 18 heavy (non-hydrogen) atoms. The number of alkyl halides is 1. The number of hydrogen-bond donors (Lipinski definition) is 1. The first-order valence-electron chi connectivity index (χ1n) is 4.53. The van der Waals surface area contributed by atoms with Crippen molar-refractivity contribution in [3.63, 3.8) is 0 Å². The van der Waals surface area contributed by atoms with Gasteiger partial charge in [0, 0.05) is 4.43 Å². The van der Waals surface area contributed by atoms with Gasteiger partial charge in [0.25, 0.3) is 0 Å². The van der Waals surface area contributed by atoms with Gasteiger partial charge in [-0.2, -0.15) is 8.42 Å². The molecule has 0 radical (unpaired) electrons. The Labute approximate surface area is 141 Å². The fourth-order valence-electron chi connectivity index (χ4n) is 1.06. The summed E-state index contributed by atoms with van der Waals surface area (Å²) in [4.78, 5) is 3.64. The molecule has 0 bridgehead atoms. The molecule has 0 atom stereocenters. The smallest absolute Gasteiger partial charge is 0.723 e. The fraction of sp³-hybridized carbons (Fsp3) is 0.333. The van der Waals surface area contributed by atoms with Crippen LogP contribution in [0.25, 0.3) is 0 Å². The Bertz CT molecular complexity index is 478. The number of phenolic OH excluding ortho intramolecular Hbond substituents is 1. The molecule has 1 aromatic rings. The van der Waals surface area contributed by atoms with Crippen molar-refractivity contribution in [2.75, 3.05) is 10.2 Å². The minimum absolute atomic E-state index is 0. The van der Waals surface area contributed by atoms with E-state index in [1.165, 1.54) is 18.2 Å². The van der Waals surface area contributed by atoms with Gasteiger partial charge in [0.2, 0.25) is 0 Å². The van der Waals surface area contributed by atoms with Crippen molar-refractivity contribution in [1.82, 2.24) is 0 Å². The molecule has 0 aromatic heterocycles. The second-order valence-electron chi connectivity index (χ2n) is 3.10. The summed E-state index contributed by atoms with van der Waals surface area (Å²) < 4.78 is 27.8. The maximum absolute atomic E-state index is 11.3. The molecule has 0 saturated heterocycles. The van der Waals surface area contributed by atoms with E-state index in [1.807, 2.05) is 22.6 Å². The standard InChI is InChI=1S/C9H11IO6S.Na/c10-3-4-17(13,14)16-9-2-1-7(6-15-12)5-8(9)11;/h1-2,5,11-12H,3-4,6H2;/q;+1/p-1. The van der Waals surface area contributed by atoms with E-state index in [1.54, 1.807) is 0 Å². The number of benzene rings is 1. The van der Waals surface area contributed by atoms with Crippen molar-refractivity contribution >= 4 is 32.7 Å². The van der Waals surface area contributed by atoms with Crippen LogP contribution in [0.5, 0.6) is 11.5 Å². The quantitative estimate of drug-likeness (QED) is 0.141. The molecule has 1 N–H and O–H groups in total. The molecule has 1 rings (SSSR count). The van der Waals surface area contributed by atoms with Gasteiger partial charge in [-0.25, -0.2) is 0 Å². The zero-order valence-corrected chi connectivity index (χ0v) is 14.6. The summed E-state index contributed by atoms with van der Waals surface area (Å²) in [6, 6.07) is 3.92. The van der Waals surface area contributed by atoms with Gasteiger partial charge in [0.1, 0.15) is 0 Å². The van der Waals surface area contributed by atoms with Crippen LogP contribution in [0.3, 0.4) is 0 Å². The first-order chi connectivity index (χ1) is 7.98.